The number of carbonyl (C=O) groups excluding carboxylic acids is 3. The minimum absolute atomic E-state index is 0.0854. The van der Waals surface area contributed by atoms with Crippen molar-refractivity contribution in [1.29, 1.82) is 0 Å². The molecule has 0 saturated carbocycles. The van der Waals surface area contributed by atoms with E-state index in [1.165, 1.54) is 0 Å². The fourth-order valence-electron chi connectivity index (χ4n) is 5.82. The Bertz CT molecular complexity index is 1850. The third-order valence-corrected chi connectivity index (χ3v) is 8.21. The van der Waals surface area contributed by atoms with Crippen LogP contribution in [0.2, 0.25) is 0 Å². The molecule has 2 atom stereocenters. The van der Waals surface area contributed by atoms with Crippen molar-refractivity contribution in [2.75, 3.05) is 16.3 Å². The number of carbonyl (C=O) groups is 3. The van der Waals surface area contributed by atoms with E-state index >= 15 is 0 Å². The summed E-state index contributed by atoms with van der Waals surface area (Å²) in [6, 6.07) is 16.5. The number of esters is 1. The lowest BCUT2D eigenvalue weighted by atomic mass is 10.0. The van der Waals surface area contributed by atoms with Crippen LogP contribution < -0.4 is 9.80 Å². The van der Waals surface area contributed by atoms with Gasteiger partial charge >= 0.3 is 18.2 Å². The van der Waals surface area contributed by atoms with Gasteiger partial charge in [0, 0.05) is 28.4 Å². The van der Waals surface area contributed by atoms with Gasteiger partial charge in [0.05, 0.1) is 23.8 Å². The fourth-order valence-corrected chi connectivity index (χ4v) is 5.82. The summed E-state index contributed by atoms with van der Waals surface area (Å²) >= 11 is 0. The van der Waals surface area contributed by atoms with Crippen LogP contribution in [0.5, 0.6) is 0 Å². The maximum atomic E-state index is 13.3. The van der Waals surface area contributed by atoms with Crippen molar-refractivity contribution in [2.45, 2.75) is 91.1 Å². The number of aryl methyl sites for hydroxylation is 1. The minimum Gasteiger partial charge on any atom is -0.455 e. The number of pyridine rings is 1. The molecule has 1 aliphatic heterocycles. The molecule has 1 fully saturated rings. The third kappa shape index (κ3) is 6.95. The fraction of sp³-hybridized carbons (Fsp3) is 0.405. The molecule has 2 aromatic heterocycles. The molecule has 2 aliphatic rings. The number of rotatable bonds is 5. The maximum absolute atomic E-state index is 13.3. The summed E-state index contributed by atoms with van der Waals surface area (Å²) in [4.78, 5) is 56.5. The topological polar surface area (TPSA) is 124 Å². The molecule has 6 rings (SSSR count). The predicted octanol–water partition coefficient (Wildman–Crippen LogP) is 7.29. The van der Waals surface area contributed by atoms with Crippen molar-refractivity contribution >= 4 is 40.7 Å². The number of anilines is 2. The van der Waals surface area contributed by atoms with Crippen LogP contribution in [-0.2, 0) is 27.1 Å². The molecule has 4 aromatic rings. The molecular formula is C37H41N5O6. The van der Waals surface area contributed by atoms with Crippen LogP contribution >= 0.6 is 0 Å². The van der Waals surface area contributed by atoms with E-state index in [1.54, 1.807) is 65.9 Å². The van der Waals surface area contributed by atoms with Gasteiger partial charge in [-0.1, -0.05) is 30.3 Å². The van der Waals surface area contributed by atoms with E-state index in [-0.39, 0.29) is 23.9 Å². The number of hydrogen-bond acceptors (Lipinski definition) is 10. The van der Waals surface area contributed by atoms with Gasteiger partial charge < -0.3 is 19.1 Å². The van der Waals surface area contributed by atoms with Crippen molar-refractivity contribution < 1.29 is 28.6 Å². The molecule has 0 bridgehead atoms. The van der Waals surface area contributed by atoms with Crippen molar-refractivity contribution in [2.24, 2.45) is 0 Å². The van der Waals surface area contributed by atoms with Crippen LogP contribution in [0.3, 0.4) is 0 Å². The van der Waals surface area contributed by atoms with Crippen LogP contribution in [0.1, 0.15) is 76.5 Å². The highest BCUT2D eigenvalue weighted by atomic mass is 16.6. The Balaban J connectivity index is 1.31. The van der Waals surface area contributed by atoms with Crippen LogP contribution in [0.15, 0.2) is 60.8 Å². The molecule has 1 saturated heterocycles. The minimum atomic E-state index is -0.880. The number of hydrogen-bond donors (Lipinski definition) is 0. The van der Waals surface area contributed by atoms with E-state index in [0.717, 1.165) is 57.4 Å². The van der Waals surface area contributed by atoms with Crippen molar-refractivity contribution in [1.82, 2.24) is 15.0 Å². The molecule has 11 nitrogen and oxygen atoms in total. The average Bonchev–Trinajstić information content (AvgIpc) is 3.49. The highest BCUT2D eigenvalue weighted by molar-refractivity contribution is 6.09. The molecule has 0 unspecified atom stereocenters. The van der Waals surface area contributed by atoms with E-state index in [2.05, 4.69) is 9.88 Å². The molecular weight excluding hydrogens is 610 g/mol. The molecule has 11 heteroatoms. The van der Waals surface area contributed by atoms with Gasteiger partial charge in [-0.15, -0.1) is 0 Å². The number of benzene rings is 2. The molecule has 0 spiro atoms. The Kier molecular flexibility index (Phi) is 8.57. The van der Waals surface area contributed by atoms with Gasteiger partial charge in [-0.05, 0) is 97.4 Å². The zero-order valence-corrected chi connectivity index (χ0v) is 28.4. The first-order valence-corrected chi connectivity index (χ1v) is 16.3. The molecule has 2 aromatic carbocycles. The Labute approximate surface area is 280 Å². The summed E-state index contributed by atoms with van der Waals surface area (Å²) in [6.45, 7) is 12.9. The van der Waals surface area contributed by atoms with Gasteiger partial charge in [-0.2, -0.15) is 4.90 Å². The average molecular weight is 652 g/mol. The number of ether oxygens (including phenoxy) is 3. The van der Waals surface area contributed by atoms with Crippen molar-refractivity contribution in [3.8, 4) is 11.3 Å². The first-order chi connectivity index (χ1) is 22.7. The summed E-state index contributed by atoms with van der Waals surface area (Å²) in [5.41, 5.74) is 2.67. The first kappa shape index (κ1) is 32.9. The molecule has 3 heterocycles. The van der Waals surface area contributed by atoms with Crippen molar-refractivity contribution in [3.05, 3.63) is 77.6 Å². The lowest BCUT2D eigenvalue weighted by molar-refractivity contribution is 0.0108. The first-order valence-electron chi connectivity index (χ1n) is 16.3. The maximum Gasteiger partial charge on any atom is 0.425 e. The molecule has 250 valence electrons. The summed E-state index contributed by atoms with van der Waals surface area (Å²) in [7, 11) is 0. The van der Waals surface area contributed by atoms with Gasteiger partial charge in [0.2, 0.25) is 5.95 Å². The van der Waals surface area contributed by atoms with Crippen LogP contribution in [0.25, 0.3) is 22.0 Å². The van der Waals surface area contributed by atoms with E-state index < -0.39 is 23.4 Å². The molecule has 2 amide bonds. The van der Waals surface area contributed by atoms with Gasteiger partial charge in [0.1, 0.15) is 23.1 Å². The van der Waals surface area contributed by atoms with Crippen LogP contribution in [0, 0.1) is 0 Å². The third-order valence-electron chi connectivity index (χ3n) is 8.21. The number of amides is 2. The van der Waals surface area contributed by atoms with E-state index in [9.17, 15) is 14.4 Å². The Morgan fingerprint density at radius 2 is 1.54 bits per heavy atom. The zero-order valence-electron chi connectivity index (χ0n) is 28.4. The lowest BCUT2D eigenvalue weighted by Crippen LogP contribution is -2.61. The summed E-state index contributed by atoms with van der Waals surface area (Å²) in [6.07, 6.45) is 2.28. The van der Waals surface area contributed by atoms with Crippen LogP contribution in [-0.4, -0.2) is 63.0 Å². The van der Waals surface area contributed by atoms with Gasteiger partial charge in [0.15, 0.2) is 0 Å². The van der Waals surface area contributed by atoms with E-state index in [1.807, 2.05) is 43.3 Å². The van der Waals surface area contributed by atoms with Gasteiger partial charge in [-0.3, -0.25) is 0 Å². The number of fused-ring (bicyclic) bond motifs is 2. The Hall–Kier alpha value is -5.06. The molecule has 0 radical (unpaired) electrons. The second kappa shape index (κ2) is 12.5. The second-order valence-corrected chi connectivity index (χ2v) is 14.3. The van der Waals surface area contributed by atoms with Crippen LogP contribution in [0.4, 0.5) is 21.4 Å². The molecule has 0 N–H and O–H groups in total. The highest BCUT2D eigenvalue weighted by Crippen LogP contribution is 2.36. The summed E-state index contributed by atoms with van der Waals surface area (Å²) in [5.74, 6) is 0.341. The highest BCUT2D eigenvalue weighted by Gasteiger charge is 2.41. The predicted molar refractivity (Wildman–Crippen MR) is 182 cm³/mol. The number of imide groups is 1. The standard InChI is InChI=1S/C37H41N5O6/c1-22-29(46-32(43)23-12-9-8-10-13-23)21-41(22)33-39-28-15-11-14-27(28)31(40-33)24-16-17-25-20-38-30(19-26(25)18-24)42(34(44)47-36(2,3)4)35(45)48-37(5,6)7/h8-10,12-13,16-20,22,29H,11,14-15,21H2,1-7H3/t22-,29+/m0/s1. The van der Waals surface area contributed by atoms with E-state index in [4.69, 9.17) is 24.2 Å². The largest absolute Gasteiger partial charge is 0.455 e. The van der Waals surface area contributed by atoms with Gasteiger partial charge in [0.25, 0.3) is 0 Å². The second-order valence-electron chi connectivity index (χ2n) is 14.3. The Morgan fingerprint density at radius 1 is 0.854 bits per heavy atom. The van der Waals surface area contributed by atoms with Gasteiger partial charge in [-0.25, -0.2) is 29.3 Å². The molecule has 1 aliphatic carbocycles. The quantitative estimate of drug-likeness (QED) is 0.160. The van der Waals surface area contributed by atoms with Crippen molar-refractivity contribution in [3.63, 3.8) is 0 Å². The van der Waals surface area contributed by atoms with E-state index in [0.29, 0.717) is 18.1 Å². The number of aromatic nitrogens is 3. The monoisotopic (exact) mass is 651 g/mol. The SMILES string of the molecule is C[C@H]1[C@H](OC(=O)c2ccccc2)CN1c1nc2c(c(-c3ccc4cnc(N(C(=O)OC(C)(C)C)C(=O)OC(C)(C)C)cc4c3)n1)CCC2. The smallest absolute Gasteiger partial charge is 0.425 e. The normalized spacial score (nSPS) is 17.4. The lowest BCUT2D eigenvalue weighted by Gasteiger charge is -2.45. The summed E-state index contributed by atoms with van der Waals surface area (Å²) in [5, 5.41) is 1.58. The molecule has 48 heavy (non-hydrogen) atoms. The number of nitrogens with zero attached hydrogens (tertiary/aromatic N) is 5. The summed E-state index contributed by atoms with van der Waals surface area (Å²) < 4.78 is 16.9. The Morgan fingerprint density at radius 3 is 2.19 bits per heavy atom. The zero-order chi connectivity index (χ0) is 34.4.